The highest BCUT2D eigenvalue weighted by Crippen LogP contribution is 2.35. The van der Waals surface area contributed by atoms with E-state index in [2.05, 4.69) is 18.3 Å². The van der Waals surface area contributed by atoms with Crippen molar-refractivity contribution in [1.29, 1.82) is 0 Å². The van der Waals surface area contributed by atoms with Gasteiger partial charge in [-0.05, 0) is 48.6 Å². The molecule has 3 amide bonds. The van der Waals surface area contributed by atoms with E-state index in [0.717, 1.165) is 59.7 Å². The van der Waals surface area contributed by atoms with E-state index in [1.54, 1.807) is 6.08 Å². The molecule has 1 aromatic heterocycles. The Morgan fingerprint density at radius 3 is 2.85 bits per heavy atom. The maximum absolute atomic E-state index is 12.8. The first-order chi connectivity index (χ1) is 15.9. The van der Waals surface area contributed by atoms with Crippen molar-refractivity contribution < 1.29 is 19.1 Å². The number of hydrogen-bond acceptors (Lipinski definition) is 5. The van der Waals surface area contributed by atoms with E-state index in [1.807, 2.05) is 36.7 Å². The van der Waals surface area contributed by atoms with E-state index in [1.165, 1.54) is 4.90 Å². The molecule has 1 atom stereocenters. The molecule has 0 unspecified atom stereocenters. The van der Waals surface area contributed by atoms with Gasteiger partial charge in [0.15, 0.2) is 0 Å². The van der Waals surface area contributed by atoms with E-state index in [9.17, 15) is 14.4 Å². The number of hydrogen-bond donors (Lipinski definition) is 1. The number of aryl methyl sites for hydroxylation is 1. The molecule has 0 aliphatic carbocycles. The minimum absolute atomic E-state index is 0.0721. The summed E-state index contributed by atoms with van der Waals surface area (Å²) >= 11 is 0.979. The number of imide groups is 1. The number of thioether (sulfide) groups is 1. The van der Waals surface area contributed by atoms with Crippen molar-refractivity contribution in [3.05, 3.63) is 40.4 Å². The number of benzene rings is 1. The summed E-state index contributed by atoms with van der Waals surface area (Å²) in [6.07, 6.45) is 6.62. The molecule has 33 heavy (non-hydrogen) atoms. The molecule has 0 saturated carbocycles. The summed E-state index contributed by atoms with van der Waals surface area (Å²) in [5.41, 5.74) is 2.95. The fourth-order valence-corrected chi connectivity index (χ4v) is 5.24. The van der Waals surface area contributed by atoms with Gasteiger partial charge in [0, 0.05) is 36.8 Å². The highest BCUT2D eigenvalue weighted by Gasteiger charge is 2.35. The van der Waals surface area contributed by atoms with Gasteiger partial charge in [-0.2, -0.15) is 0 Å². The summed E-state index contributed by atoms with van der Waals surface area (Å²) in [7, 11) is 0. The third kappa shape index (κ3) is 5.17. The van der Waals surface area contributed by atoms with E-state index in [4.69, 9.17) is 4.74 Å². The second-order valence-electron chi connectivity index (χ2n) is 9.00. The van der Waals surface area contributed by atoms with Crippen molar-refractivity contribution in [2.75, 3.05) is 19.7 Å². The van der Waals surface area contributed by atoms with Crippen molar-refractivity contribution in [2.24, 2.45) is 5.92 Å². The van der Waals surface area contributed by atoms with Gasteiger partial charge in [0.2, 0.25) is 5.91 Å². The largest absolute Gasteiger partial charge is 0.376 e. The highest BCUT2D eigenvalue weighted by atomic mass is 32.2. The topological polar surface area (TPSA) is 80.6 Å². The molecule has 1 N–H and O–H groups in total. The molecule has 1 aromatic carbocycles. The Bertz CT molecular complexity index is 1100. The Hall–Kier alpha value is -2.58. The maximum atomic E-state index is 12.8. The van der Waals surface area contributed by atoms with E-state index >= 15 is 0 Å². The summed E-state index contributed by atoms with van der Waals surface area (Å²) in [5, 5.41) is 3.72. The lowest BCUT2D eigenvalue weighted by Gasteiger charge is -2.14. The average molecular weight is 470 g/mol. The second kappa shape index (κ2) is 10.1. The van der Waals surface area contributed by atoms with Crippen LogP contribution >= 0.6 is 11.8 Å². The zero-order valence-electron chi connectivity index (χ0n) is 19.4. The van der Waals surface area contributed by atoms with Crippen LogP contribution in [-0.4, -0.2) is 52.3 Å². The van der Waals surface area contributed by atoms with Crippen molar-refractivity contribution in [3.8, 4) is 0 Å². The smallest absolute Gasteiger partial charge is 0.293 e. The SMILES string of the molecule is CCc1cccc2c(/C=C3\SC(=O)N(CC(C)C)C3=O)cn(CC(=O)NC[C@H]3CCCO3)c12. The Labute approximate surface area is 198 Å². The van der Waals surface area contributed by atoms with E-state index < -0.39 is 0 Å². The van der Waals surface area contributed by atoms with Gasteiger partial charge in [0.1, 0.15) is 6.54 Å². The monoisotopic (exact) mass is 469 g/mol. The molecule has 4 rings (SSSR count). The molecular weight excluding hydrogens is 438 g/mol. The zero-order chi connectivity index (χ0) is 23.5. The molecule has 2 aliphatic heterocycles. The van der Waals surface area contributed by atoms with Crippen molar-refractivity contribution in [1.82, 2.24) is 14.8 Å². The van der Waals surface area contributed by atoms with Crippen LogP contribution in [-0.2, 0) is 27.3 Å². The van der Waals surface area contributed by atoms with Crippen LogP contribution in [0.15, 0.2) is 29.3 Å². The predicted molar refractivity (Wildman–Crippen MR) is 131 cm³/mol. The Morgan fingerprint density at radius 2 is 2.15 bits per heavy atom. The molecule has 2 fully saturated rings. The fraction of sp³-hybridized carbons (Fsp3) is 0.480. The summed E-state index contributed by atoms with van der Waals surface area (Å²) in [6, 6.07) is 6.05. The van der Waals surface area contributed by atoms with E-state index in [-0.39, 0.29) is 35.6 Å². The number of fused-ring (bicyclic) bond motifs is 1. The molecule has 2 saturated heterocycles. The Balaban J connectivity index is 1.61. The lowest BCUT2D eigenvalue weighted by Crippen LogP contribution is -2.34. The molecule has 176 valence electrons. The summed E-state index contributed by atoms with van der Waals surface area (Å²) < 4.78 is 7.54. The van der Waals surface area contributed by atoms with Crippen LogP contribution in [0.3, 0.4) is 0 Å². The highest BCUT2D eigenvalue weighted by molar-refractivity contribution is 8.18. The average Bonchev–Trinajstić information content (AvgIpc) is 3.48. The van der Waals surface area contributed by atoms with E-state index in [0.29, 0.717) is 18.0 Å². The minimum atomic E-state index is -0.249. The first kappa shape index (κ1) is 23.6. The number of amides is 3. The molecule has 7 nitrogen and oxygen atoms in total. The predicted octanol–water partition coefficient (Wildman–Crippen LogP) is 4.19. The Kier molecular flexibility index (Phi) is 7.24. The van der Waals surface area contributed by atoms with Crippen molar-refractivity contribution in [3.63, 3.8) is 0 Å². The molecule has 0 spiro atoms. The van der Waals surface area contributed by atoms with Crippen LogP contribution in [0.5, 0.6) is 0 Å². The number of aromatic nitrogens is 1. The normalized spacial score (nSPS) is 20.1. The van der Waals surface area contributed by atoms with Gasteiger partial charge in [0.25, 0.3) is 11.1 Å². The van der Waals surface area contributed by atoms with Gasteiger partial charge in [0.05, 0.1) is 16.5 Å². The second-order valence-corrected chi connectivity index (χ2v) is 10.00. The van der Waals surface area contributed by atoms with Crippen LogP contribution < -0.4 is 5.32 Å². The summed E-state index contributed by atoms with van der Waals surface area (Å²) in [4.78, 5) is 39.7. The minimum Gasteiger partial charge on any atom is -0.376 e. The number of nitrogens with one attached hydrogen (secondary N) is 1. The number of carbonyl (C=O) groups is 3. The standard InChI is InChI=1S/C25H31N3O4S/c1-4-17-7-5-9-20-18(11-21-24(30)28(13-16(2)3)25(31)33-21)14-27(23(17)20)15-22(29)26-12-19-8-6-10-32-19/h5,7,9,11,14,16,19H,4,6,8,10,12-13,15H2,1-3H3,(H,26,29)/b21-11-/t19-/m1/s1. The van der Waals surface area contributed by atoms with Crippen molar-refractivity contribution >= 4 is 45.8 Å². The third-order valence-electron chi connectivity index (χ3n) is 5.97. The number of ether oxygens (including phenoxy) is 1. The van der Waals surface area contributed by atoms with Gasteiger partial charge in [-0.15, -0.1) is 0 Å². The van der Waals surface area contributed by atoms with Crippen molar-refractivity contribution in [2.45, 2.75) is 52.7 Å². The molecule has 3 heterocycles. The molecule has 8 heteroatoms. The van der Waals surface area contributed by atoms with Crippen LogP contribution in [0.2, 0.25) is 0 Å². The molecule has 0 radical (unpaired) electrons. The van der Waals surface area contributed by atoms with Gasteiger partial charge < -0.3 is 14.6 Å². The molecule has 2 aromatic rings. The van der Waals surface area contributed by atoms with Crippen LogP contribution in [0.25, 0.3) is 17.0 Å². The number of nitrogens with zero attached hydrogens (tertiary/aromatic N) is 2. The number of para-hydroxylation sites is 1. The Morgan fingerprint density at radius 1 is 1.33 bits per heavy atom. The fourth-order valence-electron chi connectivity index (χ4n) is 4.40. The first-order valence-electron chi connectivity index (χ1n) is 11.6. The van der Waals surface area contributed by atoms with Gasteiger partial charge in [-0.25, -0.2) is 0 Å². The zero-order valence-corrected chi connectivity index (χ0v) is 20.2. The number of rotatable bonds is 8. The quantitative estimate of drug-likeness (QED) is 0.587. The third-order valence-corrected chi connectivity index (χ3v) is 6.87. The lowest BCUT2D eigenvalue weighted by molar-refractivity contribution is -0.123. The molecule has 0 bridgehead atoms. The van der Waals surface area contributed by atoms with Gasteiger partial charge in [-0.1, -0.05) is 39.0 Å². The van der Waals surface area contributed by atoms with Crippen LogP contribution in [0.1, 0.15) is 44.7 Å². The number of carbonyl (C=O) groups excluding carboxylic acids is 3. The molecular formula is C25H31N3O4S. The summed E-state index contributed by atoms with van der Waals surface area (Å²) in [5.74, 6) is -0.113. The molecule has 2 aliphatic rings. The van der Waals surface area contributed by atoms with Crippen LogP contribution in [0, 0.1) is 5.92 Å². The van der Waals surface area contributed by atoms with Gasteiger partial charge >= 0.3 is 0 Å². The maximum Gasteiger partial charge on any atom is 0.293 e. The van der Waals surface area contributed by atoms with Crippen LogP contribution in [0.4, 0.5) is 4.79 Å². The van der Waals surface area contributed by atoms with Gasteiger partial charge in [-0.3, -0.25) is 19.3 Å². The first-order valence-corrected chi connectivity index (χ1v) is 12.4. The lowest BCUT2D eigenvalue weighted by atomic mass is 10.1. The summed E-state index contributed by atoms with van der Waals surface area (Å²) in [6.45, 7) is 7.93.